The van der Waals surface area contributed by atoms with Crippen molar-refractivity contribution in [3.05, 3.63) is 26.4 Å². The number of carbonyl (C=O) groups excluding carboxylic acids is 1. The van der Waals surface area contributed by atoms with Gasteiger partial charge in [0.1, 0.15) is 11.4 Å². The van der Waals surface area contributed by atoms with Gasteiger partial charge in [0.15, 0.2) is 5.78 Å². The Kier molecular flexibility index (Phi) is 5.18. The maximum Gasteiger partial charge on any atom is 0.329 e. The number of nitrogen functional groups attached to an aromatic ring is 1. The van der Waals surface area contributed by atoms with Crippen LogP contribution in [0.25, 0.3) is 0 Å². The van der Waals surface area contributed by atoms with E-state index in [1.807, 2.05) is 11.8 Å². The summed E-state index contributed by atoms with van der Waals surface area (Å²) in [5.74, 6) is 0.203. The number of ketones is 1. The Balaban J connectivity index is 2.27. The largest absolute Gasteiger partial charge is 0.384 e. The van der Waals surface area contributed by atoms with Crippen LogP contribution in [0.15, 0.2) is 9.59 Å². The second-order valence-corrected chi connectivity index (χ2v) is 6.08. The van der Waals surface area contributed by atoms with Crippen LogP contribution in [0, 0.1) is 5.92 Å². The van der Waals surface area contributed by atoms with Gasteiger partial charge in [-0.25, -0.2) is 4.79 Å². The molecule has 7 nitrogen and oxygen atoms in total. The number of nitrogens with zero attached hydrogens (tertiary/aromatic N) is 2. The highest BCUT2D eigenvalue weighted by Gasteiger charge is 2.23. The Morgan fingerprint density at radius 2 is 2.14 bits per heavy atom. The number of hydrogen-bond acceptors (Lipinski definition) is 5. The van der Waals surface area contributed by atoms with E-state index in [2.05, 4.69) is 11.9 Å². The first-order valence-electron chi connectivity index (χ1n) is 7.82. The SMILES string of the molecule is CCCn1c(N)c(C(=O)CN2CCC[C@@H](C)C2)c(=O)[nH]c1=O. The van der Waals surface area contributed by atoms with Crippen molar-refractivity contribution in [1.29, 1.82) is 0 Å². The molecule has 1 aromatic rings. The third kappa shape index (κ3) is 3.47. The fraction of sp³-hybridized carbons (Fsp3) is 0.667. The minimum Gasteiger partial charge on any atom is -0.384 e. The molecule has 0 radical (unpaired) electrons. The van der Waals surface area contributed by atoms with Gasteiger partial charge in [-0.15, -0.1) is 0 Å². The Hall–Kier alpha value is -1.89. The lowest BCUT2D eigenvalue weighted by Gasteiger charge is -2.30. The van der Waals surface area contributed by atoms with Gasteiger partial charge in [0, 0.05) is 13.1 Å². The molecule has 2 rings (SSSR count). The molecule has 1 aliphatic rings. The zero-order valence-corrected chi connectivity index (χ0v) is 13.2. The van der Waals surface area contributed by atoms with E-state index in [0.29, 0.717) is 18.9 Å². The number of nitrogens with two attached hydrogens (primary N) is 1. The number of likely N-dealkylation sites (tertiary alicyclic amines) is 1. The van der Waals surface area contributed by atoms with E-state index in [1.54, 1.807) is 0 Å². The second-order valence-electron chi connectivity index (χ2n) is 6.08. The Labute approximate surface area is 129 Å². The number of carbonyl (C=O) groups is 1. The maximum atomic E-state index is 12.5. The molecule has 0 aliphatic carbocycles. The number of anilines is 1. The van der Waals surface area contributed by atoms with Crippen molar-refractivity contribution >= 4 is 11.6 Å². The van der Waals surface area contributed by atoms with E-state index in [9.17, 15) is 14.4 Å². The normalized spacial score (nSPS) is 19.3. The number of piperidine rings is 1. The van der Waals surface area contributed by atoms with Crippen LogP contribution in [-0.2, 0) is 6.54 Å². The zero-order valence-electron chi connectivity index (χ0n) is 13.2. The summed E-state index contributed by atoms with van der Waals surface area (Å²) >= 11 is 0. The predicted molar refractivity (Wildman–Crippen MR) is 85.2 cm³/mol. The first-order chi connectivity index (χ1) is 10.4. The fourth-order valence-corrected chi connectivity index (χ4v) is 3.02. The highest BCUT2D eigenvalue weighted by molar-refractivity contribution is 6.01. The van der Waals surface area contributed by atoms with Crippen molar-refractivity contribution in [3.63, 3.8) is 0 Å². The van der Waals surface area contributed by atoms with Crippen LogP contribution >= 0.6 is 0 Å². The summed E-state index contributed by atoms with van der Waals surface area (Å²) in [5, 5.41) is 0. The van der Waals surface area contributed by atoms with Crippen molar-refractivity contribution < 1.29 is 4.79 Å². The summed E-state index contributed by atoms with van der Waals surface area (Å²) in [7, 11) is 0. The van der Waals surface area contributed by atoms with Gasteiger partial charge in [0.25, 0.3) is 5.56 Å². The summed E-state index contributed by atoms with van der Waals surface area (Å²) in [5.41, 5.74) is 4.56. The van der Waals surface area contributed by atoms with Crippen LogP contribution < -0.4 is 17.0 Å². The van der Waals surface area contributed by atoms with Crippen molar-refractivity contribution in [2.75, 3.05) is 25.4 Å². The van der Waals surface area contributed by atoms with E-state index in [4.69, 9.17) is 5.73 Å². The molecule has 1 saturated heterocycles. The van der Waals surface area contributed by atoms with E-state index in [0.717, 1.165) is 25.9 Å². The summed E-state index contributed by atoms with van der Waals surface area (Å²) in [4.78, 5) is 40.5. The molecule has 1 aromatic heterocycles. The molecule has 1 fully saturated rings. The maximum absolute atomic E-state index is 12.5. The summed E-state index contributed by atoms with van der Waals surface area (Å²) in [6, 6.07) is 0. The molecule has 0 spiro atoms. The van der Waals surface area contributed by atoms with Crippen molar-refractivity contribution in [2.24, 2.45) is 5.92 Å². The molecule has 122 valence electrons. The number of aromatic nitrogens is 2. The number of Topliss-reactive ketones (excluding diaryl/α,β-unsaturated/α-hetero) is 1. The average molecular weight is 308 g/mol. The molecule has 1 atom stereocenters. The first kappa shape index (κ1) is 16.5. The highest BCUT2D eigenvalue weighted by Crippen LogP contribution is 2.16. The lowest BCUT2D eigenvalue weighted by atomic mass is 10.00. The Morgan fingerprint density at radius 1 is 1.41 bits per heavy atom. The zero-order chi connectivity index (χ0) is 16.3. The summed E-state index contributed by atoms with van der Waals surface area (Å²) < 4.78 is 1.26. The molecule has 0 unspecified atom stereocenters. The second kappa shape index (κ2) is 6.91. The molecule has 0 amide bonds. The molecule has 1 aliphatic heterocycles. The Morgan fingerprint density at radius 3 is 2.77 bits per heavy atom. The lowest BCUT2D eigenvalue weighted by molar-refractivity contribution is 0.0891. The Bertz CT molecular complexity index is 662. The molecule has 3 N–H and O–H groups in total. The third-order valence-electron chi connectivity index (χ3n) is 4.07. The smallest absolute Gasteiger partial charge is 0.329 e. The van der Waals surface area contributed by atoms with Gasteiger partial charge in [-0.2, -0.15) is 0 Å². The summed E-state index contributed by atoms with van der Waals surface area (Å²) in [6.45, 7) is 6.29. The topological polar surface area (TPSA) is 101 Å². The van der Waals surface area contributed by atoms with Crippen LogP contribution in [-0.4, -0.2) is 39.9 Å². The molecule has 2 heterocycles. The first-order valence-corrected chi connectivity index (χ1v) is 7.82. The van der Waals surface area contributed by atoms with E-state index >= 15 is 0 Å². The van der Waals surface area contributed by atoms with Crippen LogP contribution in [0.4, 0.5) is 5.82 Å². The average Bonchev–Trinajstić information content (AvgIpc) is 2.43. The predicted octanol–water partition coefficient (Wildman–Crippen LogP) is 0.443. The van der Waals surface area contributed by atoms with Gasteiger partial charge in [0.2, 0.25) is 0 Å². The molecule has 22 heavy (non-hydrogen) atoms. The van der Waals surface area contributed by atoms with Crippen molar-refractivity contribution in [1.82, 2.24) is 14.5 Å². The molecular formula is C15H24N4O3. The minimum absolute atomic E-state index is 0.0225. The van der Waals surface area contributed by atoms with Crippen molar-refractivity contribution in [2.45, 2.75) is 39.7 Å². The van der Waals surface area contributed by atoms with Gasteiger partial charge >= 0.3 is 5.69 Å². The standard InChI is InChI=1S/C15H24N4O3/c1-3-6-19-13(16)12(14(21)17-15(19)22)11(20)9-18-7-4-5-10(2)8-18/h10H,3-9,16H2,1-2H3,(H,17,21,22)/t10-/m1/s1. The van der Waals surface area contributed by atoms with Gasteiger partial charge < -0.3 is 5.73 Å². The molecule has 0 saturated carbocycles. The van der Waals surface area contributed by atoms with Gasteiger partial charge in [-0.1, -0.05) is 13.8 Å². The van der Waals surface area contributed by atoms with Crippen LogP contribution in [0.1, 0.15) is 43.5 Å². The van der Waals surface area contributed by atoms with Gasteiger partial charge in [0.05, 0.1) is 6.54 Å². The van der Waals surface area contributed by atoms with Crippen LogP contribution in [0.2, 0.25) is 0 Å². The monoisotopic (exact) mass is 308 g/mol. The highest BCUT2D eigenvalue weighted by atomic mass is 16.2. The number of hydrogen-bond donors (Lipinski definition) is 2. The van der Waals surface area contributed by atoms with E-state index in [1.165, 1.54) is 4.57 Å². The molecular weight excluding hydrogens is 284 g/mol. The van der Waals surface area contributed by atoms with E-state index in [-0.39, 0.29) is 23.7 Å². The lowest BCUT2D eigenvalue weighted by Crippen LogP contribution is -2.41. The van der Waals surface area contributed by atoms with Crippen LogP contribution in [0.5, 0.6) is 0 Å². The number of H-pyrrole nitrogens is 1. The van der Waals surface area contributed by atoms with Gasteiger partial charge in [-0.3, -0.25) is 24.0 Å². The minimum atomic E-state index is -0.690. The molecule has 0 aromatic carbocycles. The summed E-state index contributed by atoms with van der Waals surface area (Å²) in [6.07, 6.45) is 2.90. The van der Waals surface area contributed by atoms with E-state index < -0.39 is 11.2 Å². The number of aromatic amines is 1. The number of rotatable bonds is 5. The quantitative estimate of drug-likeness (QED) is 0.769. The van der Waals surface area contributed by atoms with Gasteiger partial charge in [-0.05, 0) is 31.7 Å². The molecule has 0 bridgehead atoms. The number of nitrogens with one attached hydrogen (secondary N) is 1. The van der Waals surface area contributed by atoms with Crippen LogP contribution in [0.3, 0.4) is 0 Å². The fourth-order valence-electron chi connectivity index (χ4n) is 3.02. The molecule has 7 heteroatoms. The third-order valence-corrected chi connectivity index (χ3v) is 4.07. The van der Waals surface area contributed by atoms with Crippen molar-refractivity contribution in [3.8, 4) is 0 Å².